The first-order chi connectivity index (χ1) is 10.1. The van der Waals surface area contributed by atoms with Crippen molar-refractivity contribution in [3.05, 3.63) is 51.2 Å². The summed E-state index contributed by atoms with van der Waals surface area (Å²) >= 11 is 9.51. The molecule has 1 aliphatic carbocycles. The average Bonchev–Trinajstić information content (AvgIpc) is 3.23. The molecule has 21 heavy (non-hydrogen) atoms. The Hall–Kier alpha value is -1.26. The van der Waals surface area contributed by atoms with Crippen LogP contribution >= 0.6 is 27.5 Å². The van der Waals surface area contributed by atoms with E-state index in [1.807, 2.05) is 29.0 Å². The minimum atomic E-state index is -0.106. The molecule has 110 valence electrons. The van der Waals surface area contributed by atoms with Crippen LogP contribution in [0.15, 0.2) is 34.9 Å². The average molecular weight is 368 g/mol. The van der Waals surface area contributed by atoms with E-state index in [9.17, 15) is 4.79 Å². The van der Waals surface area contributed by atoms with Crippen LogP contribution in [0.3, 0.4) is 0 Å². The number of carbonyl (C=O) groups is 1. The number of aryl methyl sites for hydroxylation is 1. The summed E-state index contributed by atoms with van der Waals surface area (Å²) in [5.41, 5.74) is 2.59. The summed E-state index contributed by atoms with van der Waals surface area (Å²) in [5, 5.41) is 3.61. The van der Waals surface area contributed by atoms with Gasteiger partial charge in [-0.3, -0.25) is 4.79 Å². The predicted molar refractivity (Wildman–Crippen MR) is 89.2 cm³/mol. The molecule has 1 amide bonds. The number of benzene rings is 1. The summed E-state index contributed by atoms with van der Waals surface area (Å²) in [6.07, 6.45) is 4.93. The van der Waals surface area contributed by atoms with Crippen molar-refractivity contribution in [1.29, 1.82) is 0 Å². The minimum Gasteiger partial charge on any atom is -0.339 e. The quantitative estimate of drug-likeness (QED) is 0.806. The molecule has 1 saturated carbocycles. The molecule has 0 unspecified atom stereocenters. The van der Waals surface area contributed by atoms with E-state index < -0.39 is 0 Å². The maximum atomic E-state index is 12.5. The van der Waals surface area contributed by atoms with Crippen molar-refractivity contribution < 1.29 is 4.79 Å². The second-order valence-electron chi connectivity index (χ2n) is 5.29. The van der Waals surface area contributed by atoms with Crippen LogP contribution in [0.2, 0.25) is 5.02 Å². The molecule has 0 atom stereocenters. The molecule has 5 heteroatoms. The summed E-state index contributed by atoms with van der Waals surface area (Å²) in [4.78, 5) is 12.5. The fourth-order valence-corrected chi connectivity index (χ4v) is 3.06. The van der Waals surface area contributed by atoms with Crippen LogP contribution in [-0.2, 0) is 6.42 Å². The number of nitrogens with one attached hydrogen (secondary N) is 1. The van der Waals surface area contributed by atoms with Crippen molar-refractivity contribution >= 4 is 39.1 Å². The first-order valence-corrected chi connectivity index (χ1v) is 8.22. The monoisotopic (exact) mass is 366 g/mol. The maximum absolute atomic E-state index is 12.5. The van der Waals surface area contributed by atoms with Gasteiger partial charge in [0.1, 0.15) is 5.69 Å². The second-order valence-corrected chi connectivity index (χ2v) is 6.64. The highest BCUT2D eigenvalue weighted by atomic mass is 79.9. The van der Waals surface area contributed by atoms with Gasteiger partial charge in [0.2, 0.25) is 0 Å². The number of aromatic nitrogens is 1. The van der Waals surface area contributed by atoms with Gasteiger partial charge >= 0.3 is 0 Å². The third-order valence-electron chi connectivity index (χ3n) is 3.68. The normalized spacial score (nSPS) is 14.2. The lowest BCUT2D eigenvalue weighted by Gasteiger charge is -2.12. The Balaban J connectivity index is 1.87. The van der Waals surface area contributed by atoms with E-state index in [-0.39, 0.29) is 5.91 Å². The zero-order valence-corrected chi connectivity index (χ0v) is 14.0. The molecule has 3 rings (SSSR count). The molecular formula is C16H16BrClN2O. The smallest absolute Gasteiger partial charge is 0.272 e. The van der Waals surface area contributed by atoms with Gasteiger partial charge in [0.25, 0.3) is 5.91 Å². The third kappa shape index (κ3) is 3.16. The lowest BCUT2D eigenvalue weighted by Crippen LogP contribution is -2.17. The Morgan fingerprint density at radius 1 is 1.43 bits per heavy atom. The van der Waals surface area contributed by atoms with E-state index in [1.54, 1.807) is 6.07 Å². The molecule has 1 aromatic carbocycles. The van der Waals surface area contributed by atoms with Crippen LogP contribution < -0.4 is 5.32 Å². The Morgan fingerprint density at radius 2 is 2.19 bits per heavy atom. The van der Waals surface area contributed by atoms with Crippen LogP contribution in [0, 0.1) is 0 Å². The van der Waals surface area contributed by atoms with Crippen molar-refractivity contribution in [2.24, 2.45) is 0 Å². The fourth-order valence-electron chi connectivity index (χ4n) is 2.45. The lowest BCUT2D eigenvalue weighted by atomic mass is 10.1. The maximum Gasteiger partial charge on any atom is 0.272 e. The van der Waals surface area contributed by atoms with E-state index in [0.29, 0.717) is 16.8 Å². The lowest BCUT2D eigenvalue weighted by molar-refractivity contribution is 0.101. The SMILES string of the molecule is CCc1cc(Br)ccc1NC(=O)c1cc(Cl)cn1C1CC1. The highest BCUT2D eigenvalue weighted by molar-refractivity contribution is 9.10. The van der Waals surface area contributed by atoms with Gasteiger partial charge < -0.3 is 9.88 Å². The van der Waals surface area contributed by atoms with Crippen LogP contribution in [0.25, 0.3) is 0 Å². The zero-order valence-electron chi connectivity index (χ0n) is 11.7. The Morgan fingerprint density at radius 3 is 2.86 bits per heavy atom. The molecule has 0 saturated heterocycles. The predicted octanol–water partition coefficient (Wildman–Crippen LogP) is 5.05. The number of anilines is 1. The molecule has 1 N–H and O–H groups in total. The molecule has 0 spiro atoms. The van der Waals surface area contributed by atoms with E-state index >= 15 is 0 Å². The van der Waals surface area contributed by atoms with Crippen molar-refractivity contribution in [3.63, 3.8) is 0 Å². The number of amides is 1. The summed E-state index contributed by atoms with van der Waals surface area (Å²) < 4.78 is 3.00. The number of rotatable bonds is 4. The summed E-state index contributed by atoms with van der Waals surface area (Å²) in [6.45, 7) is 2.07. The number of halogens is 2. The fraction of sp³-hybridized carbons (Fsp3) is 0.312. The third-order valence-corrected chi connectivity index (χ3v) is 4.38. The first kappa shape index (κ1) is 14.7. The largest absolute Gasteiger partial charge is 0.339 e. The number of hydrogen-bond donors (Lipinski definition) is 1. The number of nitrogens with zero attached hydrogens (tertiary/aromatic N) is 1. The highest BCUT2D eigenvalue weighted by Gasteiger charge is 2.28. The number of carbonyl (C=O) groups excluding carboxylic acids is 1. The van der Waals surface area contributed by atoms with Gasteiger partial charge in [-0.2, -0.15) is 0 Å². The zero-order chi connectivity index (χ0) is 15.0. The first-order valence-electron chi connectivity index (χ1n) is 7.05. The molecular weight excluding hydrogens is 352 g/mol. The van der Waals surface area contributed by atoms with E-state index in [4.69, 9.17) is 11.6 Å². The van der Waals surface area contributed by atoms with E-state index in [1.165, 1.54) is 0 Å². The van der Waals surface area contributed by atoms with Crippen molar-refractivity contribution in [3.8, 4) is 0 Å². The minimum absolute atomic E-state index is 0.106. The molecule has 0 aliphatic heterocycles. The van der Waals surface area contributed by atoms with Gasteiger partial charge in [-0.15, -0.1) is 0 Å². The van der Waals surface area contributed by atoms with Gasteiger partial charge in [0.15, 0.2) is 0 Å². The Bertz CT molecular complexity index is 692. The van der Waals surface area contributed by atoms with Crippen LogP contribution in [0.4, 0.5) is 5.69 Å². The van der Waals surface area contributed by atoms with E-state index in [2.05, 4.69) is 28.2 Å². The Kier molecular flexibility index (Phi) is 4.09. The van der Waals surface area contributed by atoms with Crippen LogP contribution in [0.5, 0.6) is 0 Å². The molecule has 1 heterocycles. The molecule has 0 bridgehead atoms. The van der Waals surface area contributed by atoms with Gasteiger partial charge in [-0.05, 0) is 49.1 Å². The van der Waals surface area contributed by atoms with Crippen LogP contribution in [0.1, 0.15) is 41.9 Å². The standard InChI is InChI=1S/C16H16BrClN2O/c1-2-10-7-11(17)3-6-14(10)19-16(21)15-8-12(18)9-20(15)13-4-5-13/h3,6-9,13H,2,4-5H2,1H3,(H,19,21). The number of hydrogen-bond acceptors (Lipinski definition) is 1. The molecule has 0 radical (unpaired) electrons. The van der Waals surface area contributed by atoms with Crippen molar-refractivity contribution in [2.45, 2.75) is 32.2 Å². The summed E-state index contributed by atoms with van der Waals surface area (Å²) in [6, 6.07) is 8.05. The molecule has 1 aromatic heterocycles. The second kappa shape index (κ2) is 5.85. The molecule has 3 nitrogen and oxygen atoms in total. The Labute approximate surface area is 137 Å². The summed E-state index contributed by atoms with van der Waals surface area (Å²) in [7, 11) is 0. The van der Waals surface area contributed by atoms with Crippen LogP contribution in [-0.4, -0.2) is 10.5 Å². The van der Waals surface area contributed by atoms with Crippen molar-refractivity contribution in [2.75, 3.05) is 5.32 Å². The van der Waals surface area contributed by atoms with Gasteiger partial charge in [-0.1, -0.05) is 34.5 Å². The van der Waals surface area contributed by atoms with Gasteiger partial charge in [-0.25, -0.2) is 0 Å². The topological polar surface area (TPSA) is 34.0 Å². The molecule has 2 aromatic rings. The highest BCUT2D eigenvalue weighted by Crippen LogP contribution is 2.37. The molecule has 1 fully saturated rings. The van der Waals surface area contributed by atoms with Gasteiger partial charge in [0.05, 0.1) is 5.02 Å². The molecule has 1 aliphatic rings. The van der Waals surface area contributed by atoms with Gasteiger partial charge in [0, 0.05) is 22.4 Å². The van der Waals surface area contributed by atoms with E-state index in [0.717, 1.165) is 35.0 Å². The van der Waals surface area contributed by atoms with Crippen molar-refractivity contribution in [1.82, 2.24) is 4.57 Å². The summed E-state index contributed by atoms with van der Waals surface area (Å²) in [5.74, 6) is -0.106.